The van der Waals surface area contributed by atoms with E-state index in [1.54, 1.807) is 6.33 Å². The second-order valence-corrected chi connectivity index (χ2v) is 5.81. The summed E-state index contributed by atoms with van der Waals surface area (Å²) in [4.78, 5) is 17.3. The number of benzene rings is 1. The van der Waals surface area contributed by atoms with E-state index in [0.29, 0.717) is 5.16 Å². The Bertz CT molecular complexity index is 737. The third kappa shape index (κ3) is 3.34. The molecule has 3 rings (SSSR count). The van der Waals surface area contributed by atoms with Gasteiger partial charge in [0, 0.05) is 23.8 Å². The molecule has 0 saturated carbocycles. The Morgan fingerprint density at radius 2 is 1.86 bits per heavy atom. The largest absolute Gasteiger partial charge is 0.328 e. The lowest BCUT2D eigenvalue weighted by Gasteiger charge is -2.06. The van der Waals surface area contributed by atoms with E-state index in [1.807, 2.05) is 43.6 Å². The van der Waals surface area contributed by atoms with Crippen molar-refractivity contribution in [2.24, 2.45) is 5.73 Å². The maximum Gasteiger partial charge on any atom is 0.193 e. The van der Waals surface area contributed by atoms with Crippen molar-refractivity contribution < 1.29 is 0 Å². The summed E-state index contributed by atoms with van der Waals surface area (Å²) in [7, 11) is 0. The van der Waals surface area contributed by atoms with Crippen LogP contribution in [0.1, 0.15) is 12.5 Å². The van der Waals surface area contributed by atoms with Crippen molar-refractivity contribution >= 4 is 22.7 Å². The van der Waals surface area contributed by atoms with E-state index in [9.17, 15) is 0 Å². The lowest BCUT2D eigenvalue weighted by atomic mass is 10.1. The predicted molar refractivity (Wildman–Crippen MR) is 83.0 cm³/mol. The molecule has 0 aliphatic carbocycles. The number of aromatic nitrogens is 4. The molecule has 2 N–H and O–H groups in total. The van der Waals surface area contributed by atoms with Crippen LogP contribution >= 0.6 is 11.8 Å². The van der Waals surface area contributed by atoms with Crippen LogP contribution in [0.3, 0.4) is 0 Å². The molecule has 0 bridgehead atoms. The summed E-state index contributed by atoms with van der Waals surface area (Å²) in [6, 6.07) is 8.01. The summed E-state index contributed by atoms with van der Waals surface area (Å²) in [5, 5.41) is 2.54. The van der Waals surface area contributed by atoms with E-state index in [4.69, 9.17) is 5.73 Å². The third-order valence-electron chi connectivity index (χ3n) is 2.93. The van der Waals surface area contributed by atoms with Gasteiger partial charge in [-0.15, -0.1) is 0 Å². The Labute approximate surface area is 127 Å². The summed E-state index contributed by atoms with van der Waals surface area (Å²) in [5.74, 6) is 0. The Balaban J connectivity index is 1.85. The van der Waals surface area contributed by atoms with Gasteiger partial charge in [0.05, 0.1) is 5.52 Å². The molecular formula is C15H15N5S. The molecule has 0 amide bonds. The first-order chi connectivity index (χ1) is 10.2. The van der Waals surface area contributed by atoms with Crippen LogP contribution in [0.4, 0.5) is 0 Å². The molecule has 0 saturated heterocycles. The highest BCUT2D eigenvalue weighted by Crippen LogP contribution is 2.28. The van der Waals surface area contributed by atoms with E-state index in [-0.39, 0.29) is 6.04 Å². The molecule has 21 heavy (non-hydrogen) atoms. The van der Waals surface area contributed by atoms with Crippen LogP contribution in [0, 0.1) is 0 Å². The number of rotatable bonds is 4. The normalized spacial score (nSPS) is 12.5. The molecule has 2 aromatic heterocycles. The number of hydrogen-bond donors (Lipinski definition) is 1. The van der Waals surface area contributed by atoms with Crippen molar-refractivity contribution in [2.45, 2.75) is 29.6 Å². The van der Waals surface area contributed by atoms with E-state index in [1.165, 1.54) is 11.8 Å². The summed E-state index contributed by atoms with van der Waals surface area (Å²) >= 11 is 1.44. The maximum absolute atomic E-state index is 5.77. The van der Waals surface area contributed by atoms with Gasteiger partial charge in [-0.2, -0.15) is 0 Å². The van der Waals surface area contributed by atoms with Crippen LogP contribution in [-0.2, 0) is 6.42 Å². The molecule has 0 spiro atoms. The predicted octanol–water partition coefficient (Wildman–Crippen LogP) is 2.46. The minimum absolute atomic E-state index is 0.109. The molecule has 3 aromatic rings. The van der Waals surface area contributed by atoms with Gasteiger partial charge in [-0.25, -0.2) is 19.9 Å². The SMILES string of the molecule is CC(N)Cc1cnc(Sc2ncnc3ccccc23)nc1. The van der Waals surface area contributed by atoms with Crippen molar-refractivity contribution in [3.05, 3.63) is 48.5 Å². The number of fused-ring (bicyclic) bond motifs is 1. The van der Waals surface area contributed by atoms with Crippen LogP contribution in [0.2, 0.25) is 0 Å². The van der Waals surface area contributed by atoms with Crippen LogP contribution in [0.25, 0.3) is 10.9 Å². The zero-order valence-corrected chi connectivity index (χ0v) is 12.4. The van der Waals surface area contributed by atoms with Crippen LogP contribution in [0.5, 0.6) is 0 Å². The highest BCUT2D eigenvalue weighted by Gasteiger charge is 2.07. The average Bonchev–Trinajstić information content (AvgIpc) is 2.49. The quantitative estimate of drug-likeness (QED) is 0.589. The van der Waals surface area contributed by atoms with Gasteiger partial charge in [-0.3, -0.25) is 0 Å². The molecule has 5 nitrogen and oxygen atoms in total. The average molecular weight is 297 g/mol. The van der Waals surface area contributed by atoms with E-state index in [0.717, 1.165) is 27.9 Å². The van der Waals surface area contributed by atoms with E-state index in [2.05, 4.69) is 19.9 Å². The number of nitrogens with zero attached hydrogens (tertiary/aromatic N) is 4. The third-order valence-corrected chi connectivity index (χ3v) is 3.85. The van der Waals surface area contributed by atoms with Crippen molar-refractivity contribution in [3.8, 4) is 0 Å². The lowest BCUT2D eigenvalue weighted by molar-refractivity contribution is 0.727. The topological polar surface area (TPSA) is 77.6 Å². The Hall–Kier alpha value is -2.05. The molecular weight excluding hydrogens is 282 g/mol. The van der Waals surface area contributed by atoms with Gasteiger partial charge >= 0.3 is 0 Å². The van der Waals surface area contributed by atoms with E-state index >= 15 is 0 Å². The molecule has 2 heterocycles. The molecule has 106 valence electrons. The fraction of sp³-hybridized carbons (Fsp3) is 0.200. The molecule has 0 aliphatic rings. The fourth-order valence-electron chi connectivity index (χ4n) is 2.02. The maximum atomic E-state index is 5.77. The second kappa shape index (κ2) is 6.15. The molecule has 1 aromatic carbocycles. The van der Waals surface area contributed by atoms with Crippen LogP contribution in [0.15, 0.2) is 53.2 Å². The highest BCUT2D eigenvalue weighted by atomic mass is 32.2. The smallest absolute Gasteiger partial charge is 0.193 e. The van der Waals surface area contributed by atoms with Crippen molar-refractivity contribution in [3.63, 3.8) is 0 Å². The van der Waals surface area contributed by atoms with Crippen LogP contribution in [-0.4, -0.2) is 26.0 Å². The summed E-state index contributed by atoms with van der Waals surface area (Å²) in [5.41, 5.74) is 7.73. The Kier molecular flexibility index (Phi) is 4.08. The minimum atomic E-state index is 0.109. The minimum Gasteiger partial charge on any atom is -0.328 e. The summed E-state index contributed by atoms with van der Waals surface area (Å²) in [6.07, 6.45) is 5.99. The Morgan fingerprint density at radius 3 is 2.62 bits per heavy atom. The first-order valence-electron chi connectivity index (χ1n) is 6.66. The lowest BCUT2D eigenvalue weighted by Crippen LogP contribution is -2.17. The van der Waals surface area contributed by atoms with Crippen molar-refractivity contribution in [1.82, 2.24) is 19.9 Å². The van der Waals surface area contributed by atoms with Gasteiger partial charge in [0.2, 0.25) is 0 Å². The summed E-state index contributed by atoms with van der Waals surface area (Å²) in [6.45, 7) is 1.97. The molecule has 1 atom stereocenters. The fourth-order valence-corrected chi connectivity index (χ4v) is 2.79. The van der Waals surface area contributed by atoms with Crippen LogP contribution < -0.4 is 5.73 Å². The number of hydrogen-bond acceptors (Lipinski definition) is 6. The zero-order chi connectivity index (χ0) is 14.7. The van der Waals surface area contributed by atoms with Gasteiger partial charge < -0.3 is 5.73 Å². The zero-order valence-electron chi connectivity index (χ0n) is 11.6. The molecule has 0 aliphatic heterocycles. The first-order valence-corrected chi connectivity index (χ1v) is 7.48. The van der Waals surface area contributed by atoms with Gasteiger partial charge in [-0.05, 0) is 36.7 Å². The van der Waals surface area contributed by atoms with Gasteiger partial charge in [0.25, 0.3) is 0 Å². The monoisotopic (exact) mass is 297 g/mol. The highest BCUT2D eigenvalue weighted by molar-refractivity contribution is 7.99. The van der Waals surface area contributed by atoms with Gasteiger partial charge in [-0.1, -0.05) is 18.2 Å². The second-order valence-electron chi connectivity index (χ2n) is 4.85. The molecule has 0 radical (unpaired) electrons. The number of para-hydroxylation sites is 1. The van der Waals surface area contributed by atoms with Crippen molar-refractivity contribution in [2.75, 3.05) is 0 Å². The molecule has 6 heteroatoms. The number of nitrogens with two attached hydrogens (primary N) is 1. The van der Waals surface area contributed by atoms with Gasteiger partial charge in [0.15, 0.2) is 5.16 Å². The standard InChI is InChI=1S/C15H15N5S/c1-10(16)6-11-7-17-15(18-8-11)21-14-12-4-2-3-5-13(12)19-9-20-14/h2-5,7-10H,6,16H2,1H3. The van der Waals surface area contributed by atoms with E-state index < -0.39 is 0 Å². The first kappa shape index (κ1) is 13.9. The van der Waals surface area contributed by atoms with Crippen molar-refractivity contribution in [1.29, 1.82) is 0 Å². The summed E-state index contributed by atoms with van der Waals surface area (Å²) < 4.78 is 0. The molecule has 0 fully saturated rings. The Morgan fingerprint density at radius 1 is 1.10 bits per heavy atom. The van der Waals surface area contributed by atoms with Gasteiger partial charge in [0.1, 0.15) is 11.4 Å². The molecule has 1 unspecified atom stereocenters.